The molecular formula is C14H16FN3. The predicted octanol–water partition coefficient (Wildman–Crippen LogP) is 3.33. The molecule has 3 nitrogen and oxygen atoms in total. The molecule has 0 bridgehead atoms. The molecule has 0 aliphatic rings. The third-order valence-electron chi connectivity index (χ3n) is 3.00. The first kappa shape index (κ1) is 12.5. The summed E-state index contributed by atoms with van der Waals surface area (Å²) >= 11 is 0. The van der Waals surface area contributed by atoms with Gasteiger partial charge < -0.3 is 5.32 Å². The highest BCUT2D eigenvalue weighted by Crippen LogP contribution is 2.27. The summed E-state index contributed by atoms with van der Waals surface area (Å²) in [7, 11) is 0. The SMILES string of the molecule is CCNc1nnc(-c2ccccc2F)c(C)c1C. The van der Waals surface area contributed by atoms with Crippen LogP contribution in [0.1, 0.15) is 18.1 Å². The molecule has 2 rings (SSSR count). The van der Waals surface area contributed by atoms with Gasteiger partial charge in [-0.2, -0.15) is 0 Å². The van der Waals surface area contributed by atoms with Gasteiger partial charge in [0.25, 0.3) is 0 Å². The van der Waals surface area contributed by atoms with Gasteiger partial charge >= 0.3 is 0 Å². The summed E-state index contributed by atoms with van der Waals surface area (Å²) in [5, 5.41) is 11.4. The first-order valence-electron chi connectivity index (χ1n) is 5.97. The number of halogens is 1. The van der Waals surface area contributed by atoms with Crippen LogP contribution >= 0.6 is 0 Å². The number of aromatic nitrogens is 2. The van der Waals surface area contributed by atoms with Gasteiger partial charge in [-0.1, -0.05) is 12.1 Å². The lowest BCUT2D eigenvalue weighted by Crippen LogP contribution is -2.06. The van der Waals surface area contributed by atoms with E-state index in [0.29, 0.717) is 11.3 Å². The molecular weight excluding hydrogens is 229 g/mol. The molecule has 0 atom stereocenters. The minimum Gasteiger partial charge on any atom is -0.369 e. The Labute approximate surface area is 106 Å². The molecule has 0 amide bonds. The monoisotopic (exact) mass is 245 g/mol. The summed E-state index contributed by atoms with van der Waals surface area (Å²) < 4.78 is 13.8. The van der Waals surface area contributed by atoms with E-state index in [-0.39, 0.29) is 5.82 Å². The fraction of sp³-hybridized carbons (Fsp3) is 0.286. The van der Waals surface area contributed by atoms with E-state index in [0.717, 1.165) is 23.5 Å². The Kier molecular flexibility index (Phi) is 3.55. The summed E-state index contributed by atoms with van der Waals surface area (Å²) in [6.45, 7) is 6.69. The summed E-state index contributed by atoms with van der Waals surface area (Å²) in [5.41, 5.74) is 3.05. The van der Waals surface area contributed by atoms with Crippen LogP contribution in [0.15, 0.2) is 24.3 Å². The van der Waals surface area contributed by atoms with E-state index in [1.807, 2.05) is 20.8 Å². The van der Waals surface area contributed by atoms with Crippen molar-refractivity contribution in [2.24, 2.45) is 0 Å². The summed E-state index contributed by atoms with van der Waals surface area (Å²) in [6.07, 6.45) is 0. The van der Waals surface area contributed by atoms with Gasteiger partial charge in [-0.3, -0.25) is 0 Å². The van der Waals surface area contributed by atoms with E-state index >= 15 is 0 Å². The van der Waals surface area contributed by atoms with E-state index in [2.05, 4.69) is 15.5 Å². The highest BCUT2D eigenvalue weighted by atomic mass is 19.1. The van der Waals surface area contributed by atoms with Crippen molar-refractivity contribution in [2.75, 3.05) is 11.9 Å². The minimum absolute atomic E-state index is 0.273. The lowest BCUT2D eigenvalue weighted by Gasteiger charge is -2.12. The van der Waals surface area contributed by atoms with Crippen LogP contribution in [0, 0.1) is 19.7 Å². The second kappa shape index (κ2) is 5.12. The van der Waals surface area contributed by atoms with Gasteiger partial charge in [0.05, 0.1) is 5.69 Å². The normalized spacial score (nSPS) is 10.4. The molecule has 0 aliphatic carbocycles. The molecule has 0 saturated heterocycles. The number of benzene rings is 1. The van der Waals surface area contributed by atoms with Gasteiger partial charge in [-0.25, -0.2) is 4.39 Å². The Bertz CT molecular complexity index is 567. The average Bonchev–Trinajstić information content (AvgIpc) is 2.37. The smallest absolute Gasteiger partial charge is 0.151 e. The summed E-state index contributed by atoms with van der Waals surface area (Å²) in [6, 6.07) is 6.62. The summed E-state index contributed by atoms with van der Waals surface area (Å²) in [4.78, 5) is 0. The zero-order valence-corrected chi connectivity index (χ0v) is 10.8. The van der Waals surface area contributed by atoms with E-state index in [9.17, 15) is 4.39 Å². The van der Waals surface area contributed by atoms with Gasteiger partial charge in [0, 0.05) is 12.1 Å². The molecule has 0 unspecified atom stereocenters. The molecule has 94 valence electrons. The van der Waals surface area contributed by atoms with Crippen LogP contribution in [0.5, 0.6) is 0 Å². The van der Waals surface area contributed by atoms with Gasteiger partial charge in [-0.15, -0.1) is 10.2 Å². The van der Waals surface area contributed by atoms with Crippen molar-refractivity contribution in [1.29, 1.82) is 0 Å². The number of hydrogen-bond acceptors (Lipinski definition) is 3. The van der Waals surface area contributed by atoms with Crippen molar-refractivity contribution in [3.8, 4) is 11.3 Å². The molecule has 0 saturated carbocycles. The van der Waals surface area contributed by atoms with E-state index in [4.69, 9.17) is 0 Å². The van der Waals surface area contributed by atoms with Gasteiger partial charge in [0.15, 0.2) is 5.82 Å². The van der Waals surface area contributed by atoms with Gasteiger partial charge in [0.2, 0.25) is 0 Å². The molecule has 4 heteroatoms. The van der Waals surface area contributed by atoms with Crippen molar-refractivity contribution < 1.29 is 4.39 Å². The van der Waals surface area contributed by atoms with Crippen LogP contribution in [0.4, 0.5) is 10.2 Å². The molecule has 1 N–H and O–H groups in total. The topological polar surface area (TPSA) is 37.8 Å². The molecule has 1 heterocycles. The molecule has 0 radical (unpaired) electrons. The number of nitrogens with one attached hydrogen (secondary N) is 1. The lowest BCUT2D eigenvalue weighted by molar-refractivity contribution is 0.630. The number of anilines is 1. The van der Waals surface area contributed by atoms with E-state index in [1.165, 1.54) is 6.07 Å². The van der Waals surface area contributed by atoms with Crippen molar-refractivity contribution in [3.63, 3.8) is 0 Å². The molecule has 1 aromatic heterocycles. The number of hydrogen-bond donors (Lipinski definition) is 1. The molecule has 0 aliphatic heterocycles. The third kappa shape index (κ3) is 2.18. The van der Waals surface area contributed by atoms with E-state index in [1.54, 1.807) is 18.2 Å². The molecule has 2 aromatic rings. The molecule has 0 spiro atoms. The fourth-order valence-corrected chi connectivity index (χ4v) is 1.85. The van der Waals surface area contributed by atoms with Crippen LogP contribution in [0.25, 0.3) is 11.3 Å². The van der Waals surface area contributed by atoms with Crippen molar-refractivity contribution >= 4 is 5.82 Å². The Morgan fingerprint density at radius 3 is 2.50 bits per heavy atom. The van der Waals surface area contributed by atoms with Crippen LogP contribution in [0.3, 0.4) is 0 Å². The zero-order valence-electron chi connectivity index (χ0n) is 10.8. The lowest BCUT2D eigenvalue weighted by atomic mass is 10.0. The Morgan fingerprint density at radius 2 is 1.83 bits per heavy atom. The molecule has 18 heavy (non-hydrogen) atoms. The Morgan fingerprint density at radius 1 is 1.11 bits per heavy atom. The Hall–Kier alpha value is -1.97. The molecule has 1 aromatic carbocycles. The minimum atomic E-state index is -0.273. The van der Waals surface area contributed by atoms with Crippen LogP contribution in [-0.4, -0.2) is 16.7 Å². The predicted molar refractivity (Wildman–Crippen MR) is 71.1 cm³/mol. The largest absolute Gasteiger partial charge is 0.369 e. The van der Waals surface area contributed by atoms with Crippen molar-refractivity contribution in [2.45, 2.75) is 20.8 Å². The van der Waals surface area contributed by atoms with Crippen LogP contribution in [0.2, 0.25) is 0 Å². The van der Waals surface area contributed by atoms with Gasteiger partial charge in [0.1, 0.15) is 5.82 Å². The number of rotatable bonds is 3. The quantitative estimate of drug-likeness (QED) is 0.901. The summed E-state index contributed by atoms with van der Waals surface area (Å²) in [5.74, 6) is 0.487. The maximum absolute atomic E-state index is 13.8. The second-order valence-corrected chi connectivity index (χ2v) is 4.16. The highest BCUT2D eigenvalue weighted by Gasteiger charge is 2.13. The first-order chi connectivity index (χ1) is 8.65. The standard InChI is InChI=1S/C14H16FN3/c1-4-16-14-10(3)9(2)13(17-18-14)11-7-5-6-8-12(11)15/h5-8H,4H2,1-3H3,(H,16,18). The number of nitrogens with zero attached hydrogens (tertiary/aromatic N) is 2. The van der Waals surface area contributed by atoms with Crippen LogP contribution in [-0.2, 0) is 0 Å². The maximum Gasteiger partial charge on any atom is 0.151 e. The molecule has 0 fully saturated rings. The Balaban J connectivity index is 2.54. The van der Waals surface area contributed by atoms with Crippen molar-refractivity contribution in [3.05, 3.63) is 41.2 Å². The van der Waals surface area contributed by atoms with E-state index < -0.39 is 0 Å². The van der Waals surface area contributed by atoms with Crippen molar-refractivity contribution in [1.82, 2.24) is 10.2 Å². The third-order valence-corrected chi connectivity index (χ3v) is 3.00. The van der Waals surface area contributed by atoms with Gasteiger partial charge in [-0.05, 0) is 44.0 Å². The van der Waals surface area contributed by atoms with Crippen LogP contribution < -0.4 is 5.32 Å². The first-order valence-corrected chi connectivity index (χ1v) is 5.97. The zero-order chi connectivity index (χ0) is 13.1. The maximum atomic E-state index is 13.8. The average molecular weight is 245 g/mol. The highest BCUT2D eigenvalue weighted by molar-refractivity contribution is 5.66. The second-order valence-electron chi connectivity index (χ2n) is 4.16. The fourth-order valence-electron chi connectivity index (χ4n) is 1.85.